The quantitative estimate of drug-likeness (QED) is 0.515. The summed E-state index contributed by atoms with van der Waals surface area (Å²) in [5.41, 5.74) is 7.64. The van der Waals surface area contributed by atoms with Gasteiger partial charge in [-0.05, 0) is 12.5 Å². The molecule has 2 rings (SSSR count). The Labute approximate surface area is 65.7 Å². The fraction of sp³-hybridized carbons (Fsp3) is 0.375. The standard InChI is InChI=1S/C8H11N3/c9-6-1-2-7-8(5-6)11-4-3-10-7/h1,3,5,7,11H,2,4,9H2. The lowest BCUT2D eigenvalue weighted by Crippen LogP contribution is -2.31. The third kappa shape index (κ3) is 1.13. The lowest BCUT2D eigenvalue weighted by Gasteiger charge is -2.23. The fourth-order valence-corrected chi connectivity index (χ4v) is 1.36. The topological polar surface area (TPSA) is 50.4 Å². The van der Waals surface area contributed by atoms with Crippen molar-refractivity contribution >= 4 is 6.21 Å². The van der Waals surface area contributed by atoms with Gasteiger partial charge in [0.2, 0.25) is 0 Å². The molecule has 1 heterocycles. The van der Waals surface area contributed by atoms with Crippen molar-refractivity contribution in [2.45, 2.75) is 12.5 Å². The third-order valence-corrected chi connectivity index (χ3v) is 1.94. The maximum Gasteiger partial charge on any atom is 0.0927 e. The molecule has 1 atom stereocenters. The van der Waals surface area contributed by atoms with Crippen LogP contribution in [0.25, 0.3) is 0 Å². The van der Waals surface area contributed by atoms with E-state index in [1.807, 2.05) is 18.4 Å². The van der Waals surface area contributed by atoms with Crippen LogP contribution >= 0.6 is 0 Å². The molecule has 0 bridgehead atoms. The van der Waals surface area contributed by atoms with Crippen LogP contribution in [0.4, 0.5) is 0 Å². The van der Waals surface area contributed by atoms with E-state index in [0.29, 0.717) is 6.04 Å². The summed E-state index contributed by atoms with van der Waals surface area (Å²) in [5, 5.41) is 3.24. The minimum absolute atomic E-state index is 0.302. The van der Waals surface area contributed by atoms with Crippen LogP contribution in [0.1, 0.15) is 6.42 Å². The second-order valence-electron chi connectivity index (χ2n) is 2.77. The van der Waals surface area contributed by atoms with E-state index in [9.17, 15) is 0 Å². The summed E-state index contributed by atoms with van der Waals surface area (Å²) in [6.07, 6.45) is 6.82. The lowest BCUT2D eigenvalue weighted by atomic mass is 10.0. The Hall–Kier alpha value is -1.25. The maximum atomic E-state index is 5.63. The number of rotatable bonds is 0. The predicted octanol–water partition coefficient (Wildman–Crippen LogP) is 0.159. The zero-order chi connectivity index (χ0) is 7.68. The predicted molar refractivity (Wildman–Crippen MR) is 45.3 cm³/mol. The minimum atomic E-state index is 0.302. The molecule has 58 valence electrons. The molecule has 1 aliphatic carbocycles. The maximum absolute atomic E-state index is 5.63. The highest BCUT2D eigenvalue weighted by molar-refractivity contribution is 5.63. The molecule has 0 aromatic heterocycles. The van der Waals surface area contributed by atoms with Crippen molar-refractivity contribution in [3.05, 3.63) is 23.5 Å². The molecule has 0 saturated carbocycles. The first kappa shape index (κ1) is 6.46. The Morgan fingerprint density at radius 3 is 3.45 bits per heavy atom. The Kier molecular flexibility index (Phi) is 1.42. The highest BCUT2D eigenvalue weighted by Crippen LogP contribution is 2.17. The van der Waals surface area contributed by atoms with E-state index in [0.717, 1.165) is 24.4 Å². The molecule has 0 amide bonds. The van der Waals surface area contributed by atoms with Crippen molar-refractivity contribution in [1.82, 2.24) is 5.32 Å². The van der Waals surface area contributed by atoms with Gasteiger partial charge in [0, 0.05) is 24.2 Å². The summed E-state index contributed by atoms with van der Waals surface area (Å²) < 4.78 is 0. The largest absolute Gasteiger partial charge is 0.399 e. The van der Waals surface area contributed by atoms with Crippen LogP contribution in [0.3, 0.4) is 0 Å². The van der Waals surface area contributed by atoms with Crippen LogP contribution in [0.5, 0.6) is 0 Å². The van der Waals surface area contributed by atoms with Crippen LogP contribution < -0.4 is 11.1 Å². The zero-order valence-electron chi connectivity index (χ0n) is 6.25. The van der Waals surface area contributed by atoms with Crippen LogP contribution in [0.15, 0.2) is 28.5 Å². The Morgan fingerprint density at radius 1 is 1.64 bits per heavy atom. The first-order chi connectivity index (χ1) is 5.36. The van der Waals surface area contributed by atoms with Crippen molar-refractivity contribution < 1.29 is 0 Å². The van der Waals surface area contributed by atoms with Gasteiger partial charge < -0.3 is 11.1 Å². The van der Waals surface area contributed by atoms with Crippen molar-refractivity contribution in [2.75, 3.05) is 6.54 Å². The molecule has 0 aromatic rings. The number of nitrogens with zero attached hydrogens (tertiary/aromatic N) is 1. The average Bonchev–Trinajstić information content (AvgIpc) is 2.04. The second kappa shape index (κ2) is 2.42. The average molecular weight is 149 g/mol. The number of allylic oxidation sites excluding steroid dienone is 1. The summed E-state index contributed by atoms with van der Waals surface area (Å²) >= 11 is 0. The van der Waals surface area contributed by atoms with Gasteiger partial charge in [-0.15, -0.1) is 0 Å². The van der Waals surface area contributed by atoms with Crippen LogP contribution in [-0.4, -0.2) is 18.8 Å². The molecule has 0 radical (unpaired) electrons. The van der Waals surface area contributed by atoms with Crippen molar-refractivity contribution in [3.63, 3.8) is 0 Å². The molecule has 0 spiro atoms. The van der Waals surface area contributed by atoms with E-state index in [4.69, 9.17) is 5.73 Å². The fourth-order valence-electron chi connectivity index (χ4n) is 1.36. The normalized spacial score (nSPS) is 28.2. The first-order valence-electron chi connectivity index (χ1n) is 3.79. The molecule has 1 unspecified atom stereocenters. The molecule has 0 saturated heterocycles. The Balaban J connectivity index is 2.26. The van der Waals surface area contributed by atoms with Gasteiger partial charge in [-0.1, -0.05) is 6.08 Å². The van der Waals surface area contributed by atoms with Crippen LogP contribution in [-0.2, 0) is 0 Å². The van der Waals surface area contributed by atoms with E-state index in [1.54, 1.807) is 0 Å². The number of aliphatic imine (C=N–C) groups is 1. The van der Waals surface area contributed by atoms with Crippen molar-refractivity contribution in [3.8, 4) is 0 Å². The molecule has 1 aliphatic heterocycles. The van der Waals surface area contributed by atoms with E-state index >= 15 is 0 Å². The van der Waals surface area contributed by atoms with E-state index in [2.05, 4.69) is 10.3 Å². The SMILES string of the molecule is NC1=CCC2N=CCNC2=C1. The van der Waals surface area contributed by atoms with Gasteiger partial charge in [0.1, 0.15) is 0 Å². The summed E-state index contributed by atoms with van der Waals surface area (Å²) in [4.78, 5) is 4.33. The molecule has 3 N–H and O–H groups in total. The zero-order valence-corrected chi connectivity index (χ0v) is 6.25. The number of fused-ring (bicyclic) bond motifs is 1. The Bertz CT molecular complexity index is 250. The van der Waals surface area contributed by atoms with Gasteiger partial charge in [0.25, 0.3) is 0 Å². The van der Waals surface area contributed by atoms with Gasteiger partial charge in [0.15, 0.2) is 0 Å². The molecule has 0 fully saturated rings. The van der Waals surface area contributed by atoms with E-state index in [-0.39, 0.29) is 0 Å². The molecular weight excluding hydrogens is 138 g/mol. The van der Waals surface area contributed by atoms with Crippen molar-refractivity contribution in [2.24, 2.45) is 10.7 Å². The van der Waals surface area contributed by atoms with Crippen LogP contribution in [0, 0.1) is 0 Å². The second-order valence-corrected chi connectivity index (χ2v) is 2.77. The van der Waals surface area contributed by atoms with Gasteiger partial charge in [0.05, 0.1) is 6.04 Å². The van der Waals surface area contributed by atoms with Gasteiger partial charge in [-0.25, -0.2) is 0 Å². The molecular formula is C8H11N3. The van der Waals surface area contributed by atoms with E-state index < -0.39 is 0 Å². The molecule has 2 aliphatic rings. The highest BCUT2D eigenvalue weighted by atomic mass is 15.0. The first-order valence-corrected chi connectivity index (χ1v) is 3.79. The number of nitrogens with two attached hydrogens (primary N) is 1. The third-order valence-electron chi connectivity index (χ3n) is 1.94. The Morgan fingerprint density at radius 2 is 2.55 bits per heavy atom. The molecule has 3 nitrogen and oxygen atoms in total. The van der Waals surface area contributed by atoms with Crippen LogP contribution in [0.2, 0.25) is 0 Å². The van der Waals surface area contributed by atoms with E-state index in [1.165, 1.54) is 0 Å². The summed E-state index contributed by atoms with van der Waals surface area (Å²) in [5.74, 6) is 0. The number of nitrogens with one attached hydrogen (secondary N) is 1. The molecule has 11 heavy (non-hydrogen) atoms. The summed E-state index contributed by atoms with van der Waals surface area (Å²) in [6.45, 7) is 0.829. The number of hydrogen-bond acceptors (Lipinski definition) is 3. The van der Waals surface area contributed by atoms with Gasteiger partial charge in [-0.2, -0.15) is 0 Å². The minimum Gasteiger partial charge on any atom is -0.399 e. The number of hydrogen-bond donors (Lipinski definition) is 2. The van der Waals surface area contributed by atoms with Gasteiger partial charge in [-0.3, -0.25) is 4.99 Å². The monoisotopic (exact) mass is 149 g/mol. The van der Waals surface area contributed by atoms with Gasteiger partial charge >= 0.3 is 0 Å². The smallest absolute Gasteiger partial charge is 0.0927 e. The summed E-state index contributed by atoms with van der Waals surface area (Å²) in [7, 11) is 0. The molecule has 0 aromatic carbocycles. The molecule has 3 heteroatoms. The van der Waals surface area contributed by atoms with Crippen molar-refractivity contribution in [1.29, 1.82) is 0 Å². The summed E-state index contributed by atoms with van der Waals surface area (Å²) in [6, 6.07) is 0.302. The highest BCUT2D eigenvalue weighted by Gasteiger charge is 2.16. The lowest BCUT2D eigenvalue weighted by molar-refractivity contribution is 0.675.